The van der Waals surface area contributed by atoms with Crippen LogP contribution in [-0.4, -0.2) is 108 Å². The highest BCUT2D eigenvalue weighted by Crippen LogP contribution is 2.30. The van der Waals surface area contributed by atoms with E-state index in [0.717, 1.165) is 45.1 Å². The lowest BCUT2D eigenvalue weighted by Crippen LogP contribution is -2.56. The van der Waals surface area contributed by atoms with E-state index >= 15 is 0 Å². The quantitative estimate of drug-likeness (QED) is 0.398. The van der Waals surface area contributed by atoms with Crippen molar-refractivity contribution < 1.29 is 23.8 Å². The maximum absolute atomic E-state index is 14.8. The summed E-state index contributed by atoms with van der Waals surface area (Å²) in [5.74, 6) is 0.790. The smallest absolute Gasteiger partial charge is 0.248 e. The summed E-state index contributed by atoms with van der Waals surface area (Å²) in [6.07, 6.45) is -0.332. The molecular formula is C32H36FN7O4. The number of carbonyl (C=O) groups is 1. The summed E-state index contributed by atoms with van der Waals surface area (Å²) in [7, 11) is 0. The summed E-state index contributed by atoms with van der Waals surface area (Å²) in [4.78, 5) is 27.0. The van der Waals surface area contributed by atoms with E-state index in [4.69, 9.17) is 14.6 Å². The van der Waals surface area contributed by atoms with Crippen molar-refractivity contribution in [1.82, 2.24) is 19.8 Å². The Morgan fingerprint density at radius 2 is 1.98 bits per heavy atom. The Labute approximate surface area is 255 Å². The molecular weight excluding hydrogens is 565 g/mol. The topological polar surface area (TPSA) is 127 Å². The van der Waals surface area contributed by atoms with Gasteiger partial charge in [-0.25, -0.2) is 14.4 Å². The van der Waals surface area contributed by atoms with E-state index in [2.05, 4.69) is 56.3 Å². The van der Waals surface area contributed by atoms with Gasteiger partial charge < -0.3 is 29.7 Å². The summed E-state index contributed by atoms with van der Waals surface area (Å²) in [5.41, 5.74) is 4.18. The lowest BCUT2D eigenvalue weighted by Gasteiger charge is -2.43. The third kappa shape index (κ3) is 6.45. The fourth-order valence-corrected chi connectivity index (χ4v) is 5.93. The zero-order valence-electron chi connectivity index (χ0n) is 24.7. The number of amides is 1. The van der Waals surface area contributed by atoms with Crippen molar-refractivity contribution >= 4 is 23.1 Å². The molecule has 1 aromatic heterocycles. The second-order valence-corrected chi connectivity index (χ2v) is 11.4. The molecule has 3 aliphatic heterocycles. The van der Waals surface area contributed by atoms with Gasteiger partial charge in [-0.1, -0.05) is 0 Å². The lowest BCUT2D eigenvalue weighted by molar-refractivity contribution is -0.138. The third-order valence-corrected chi connectivity index (χ3v) is 8.52. The first-order valence-electron chi connectivity index (χ1n) is 14.9. The Kier molecular flexibility index (Phi) is 8.88. The van der Waals surface area contributed by atoms with E-state index in [0.29, 0.717) is 23.2 Å². The van der Waals surface area contributed by atoms with Crippen LogP contribution in [0.1, 0.15) is 17.5 Å². The molecule has 3 fully saturated rings. The number of piperidine rings is 1. The second kappa shape index (κ2) is 13.1. The molecule has 0 saturated carbocycles. The van der Waals surface area contributed by atoms with Crippen LogP contribution < -0.4 is 15.0 Å². The van der Waals surface area contributed by atoms with Gasteiger partial charge in [-0.15, -0.1) is 0 Å². The van der Waals surface area contributed by atoms with Crippen LogP contribution in [0.25, 0.3) is 11.4 Å². The Morgan fingerprint density at radius 1 is 1.16 bits per heavy atom. The van der Waals surface area contributed by atoms with Gasteiger partial charge in [0.05, 0.1) is 31.4 Å². The number of aliphatic hydroxyl groups is 1. The number of alkyl halides is 1. The predicted molar refractivity (Wildman–Crippen MR) is 163 cm³/mol. The van der Waals surface area contributed by atoms with E-state index in [1.54, 1.807) is 30.5 Å². The Balaban J connectivity index is 1.10. The van der Waals surface area contributed by atoms with Crippen molar-refractivity contribution in [2.75, 3.05) is 69.3 Å². The van der Waals surface area contributed by atoms with Crippen molar-refractivity contribution in [2.45, 2.75) is 31.7 Å². The molecule has 230 valence electrons. The molecule has 44 heavy (non-hydrogen) atoms. The van der Waals surface area contributed by atoms with E-state index in [1.807, 2.05) is 0 Å². The van der Waals surface area contributed by atoms with E-state index < -0.39 is 24.8 Å². The van der Waals surface area contributed by atoms with Gasteiger partial charge in [0, 0.05) is 62.3 Å². The summed E-state index contributed by atoms with van der Waals surface area (Å²) in [5, 5.41) is 22.2. The molecule has 0 spiro atoms. The number of nitrogens with one attached hydrogen (secondary N) is 1. The Hall–Kier alpha value is -4.31. The Morgan fingerprint density at radius 3 is 2.66 bits per heavy atom. The molecule has 11 nitrogen and oxygen atoms in total. The highest BCUT2D eigenvalue weighted by Gasteiger charge is 2.33. The zero-order chi connectivity index (χ0) is 30.6. The minimum absolute atomic E-state index is 0.159. The molecule has 12 heteroatoms. The average Bonchev–Trinajstić information content (AvgIpc) is 3.01. The van der Waals surface area contributed by atoms with Crippen LogP contribution in [0.15, 0.2) is 48.7 Å². The number of halogens is 1. The number of hydrogen-bond acceptors (Lipinski definition) is 10. The van der Waals surface area contributed by atoms with Crippen LogP contribution in [0.4, 0.5) is 21.6 Å². The number of carbonyl (C=O) groups excluding carboxylic acids is 1. The number of rotatable bonds is 8. The van der Waals surface area contributed by atoms with Gasteiger partial charge in [-0.3, -0.25) is 9.69 Å². The molecule has 4 heterocycles. The number of aryl methyl sites for hydroxylation is 1. The lowest BCUT2D eigenvalue weighted by atomic mass is 10.0. The maximum Gasteiger partial charge on any atom is 0.248 e. The monoisotopic (exact) mass is 601 g/mol. The Bertz CT molecular complexity index is 1540. The summed E-state index contributed by atoms with van der Waals surface area (Å²) < 4.78 is 26.0. The molecule has 3 aromatic rings. The van der Waals surface area contributed by atoms with E-state index in [1.165, 1.54) is 16.2 Å². The van der Waals surface area contributed by atoms with Crippen LogP contribution in [0, 0.1) is 18.3 Å². The molecule has 0 bridgehead atoms. The fourth-order valence-electron chi connectivity index (χ4n) is 5.93. The van der Waals surface area contributed by atoms with Crippen molar-refractivity contribution in [2.24, 2.45) is 0 Å². The molecule has 0 aliphatic carbocycles. The number of hydrogen-bond donors (Lipinski definition) is 2. The minimum atomic E-state index is -1.44. The molecule has 0 unspecified atom stereocenters. The zero-order valence-corrected chi connectivity index (χ0v) is 24.7. The number of aliphatic hydroxyl groups excluding tert-OH is 1. The number of likely N-dealkylation sites (tertiary alicyclic amines) is 1. The number of nitrogens with zero attached hydrogens (tertiary/aromatic N) is 6. The van der Waals surface area contributed by atoms with Crippen molar-refractivity contribution in [3.63, 3.8) is 0 Å². The van der Waals surface area contributed by atoms with Crippen molar-refractivity contribution in [3.05, 3.63) is 59.8 Å². The molecule has 2 atom stereocenters. The van der Waals surface area contributed by atoms with E-state index in [-0.39, 0.29) is 30.8 Å². The minimum Gasteiger partial charge on any atom is -0.486 e. The van der Waals surface area contributed by atoms with Gasteiger partial charge in [0.25, 0.3) is 0 Å². The number of piperazine rings is 1. The number of nitriles is 1. The number of benzene rings is 2. The van der Waals surface area contributed by atoms with Gasteiger partial charge in [-0.05, 0) is 55.0 Å². The van der Waals surface area contributed by atoms with Gasteiger partial charge in [-0.2, -0.15) is 5.26 Å². The van der Waals surface area contributed by atoms with Crippen LogP contribution >= 0.6 is 0 Å². The molecule has 2 N–H and O–H groups in total. The van der Waals surface area contributed by atoms with Crippen LogP contribution in [0.2, 0.25) is 0 Å². The first-order chi connectivity index (χ1) is 21.4. The summed E-state index contributed by atoms with van der Waals surface area (Å²) >= 11 is 0. The van der Waals surface area contributed by atoms with E-state index in [9.17, 15) is 14.4 Å². The van der Waals surface area contributed by atoms with Crippen molar-refractivity contribution in [1.29, 1.82) is 5.26 Å². The van der Waals surface area contributed by atoms with Crippen LogP contribution in [0.3, 0.4) is 0 Å². The second-order valence-electron chi connectivity index (χ2n) is 11.4. The molecule has 0 radical (unpaired) electrons. The molecule has 3 aliphatic rings. The summed E-state index contributed by atoms with van der Waals surface area (Å²) in [6.45, 7) is 7.35. The highest BCUT2D eigenvalue weighted by molar-refractivity contribution is 5.77. The molecule has 2 aromatic carbocycles. The largest absolute Gasteiger partial charge is 0.486 e. The van der Waals surface area contributed by atoms with Crippen LogP contribution in [-0.2, 0) is 9.53 Å². The molecule has 6 rings (SSSR count). The third-order valence-electron chi connectivity index (χ3n) is 8.52. The molecule has 3 saturated heterocycles. The number of ether oxygens (including phenoxy) is 2. The average molecular weight is 602 g/mol. The number of anilines is 3. The van der Waals surface area contributed by atoms with Crippen LogP contribution in [0.5, 0.6) is 5.75 Å². The SMILES string of the molecule is Cc1cc(Nc2ccnc(-c3ccc(O[C@H]4CCN(C(=O)CO)C[C@H]4F)c(C#N)c3)n2)ccc1N1CCN(C2COC2)CC1. The summed E-state index contributed by atoms with van der Waals surface area (Å²) in [6, 6.07) is 15.8. The van der Waals surface area contributed by atoms with Gasteiger partial charge in [0.1, 0.15) is 30.3 Å². The maximum atomic E-state index is 14.8. The number of aromatic nitrogens is 2. The van der Waals surface area contributed by atoms with Gasteiger partial charge >= 0.3 is 0 Å². The van der Waals surface area contributed by atoms with Gasteiger partial charge in [0.15, 0.2) is 12.0 Å². The standard InChI is InChI=1S/C32H36FN7O4/c1-21-14-24(3-4-27(21)39-12-10-38(11-13-39)25-19-43-20-25)36-30-6-8-35-32(37-30)22-2-5-28(23(15-22)16-34)44-29-7-9-40(17-26(29)33)31(42)18-41/h2-6,8,14-15,25-26,29,41H,7,9-13,17-20H2,1H3,(H,35,36,37)/t26-,29+/m1/s1. The first kappa shape index (κ1) is 29.7. The fraction of sp³-hybridized carbons (Fsp3) is 0.438. The normalized spacial score (nSPS) is 21.0. The van der Waals surface area contributed by atoms with Gasteiger partial charge in [0.2, 0.25) is 5.91 Å². The first-order valence-corrected chi connectivity index (χ1v) is 14.9. The molecule has 1 amide bonds. The predicted octanol–water partition coefficient (Wildman–Crippen LogP) is 2.90. The van der Waals surface area contributed by atoms with Crippen molar-refractivity contribution in [3.8, 4) is 23.2 Å². The highest BCUT2D eigenvalue weighted by atomic mass is 19.1.